The third kappa shape index (κ3) is 4.97. The monoisotopic (exact) mass is 744 g/mol. The van der Waals surface area contributed by atoms with Gasteiger partial charge in [0.15, 0.2) is 0 Å². The molecule has 2 aliphatic heterocycles. The van der Waals surface area contributed by atoms with Gasteiger partial charge < -0.3 is 9.80 Å². The molecule has 4 aliphatic carbocycles. The van der Waals surface area contributed by atoms with Crippen LogP contribution in [0, 0.1) is 5.92 Å². The summed E-state index contributed by atoms with van der Waals surface area (Å²) in [6.07, 6.45) is 25.4. The Labute approximate surface area is 341 Å². The lowest BCUT2D eigenvalue weighted by atomic mass is 9.70. The van der Waals surface area contributed by atoms with Crippen molar-refractivity contribution in [2.75, 3.05) is 22.9 Å². The SMILES string of the molecule is C1=CC(C=Cc2ccc3c(c2)C2(c4ccccc4-c4ccccc42)c2cc(N4CCCc5ccccc54)ccc2-3)=CC2C=CC=C(N3CCCc4ccccc43)C2=C1. The maximum Gasteiger partial charge on any atom is 0.0726 e. The molecule has 1 spiro atoms. The minimum Gasteiger partial charge on any atom is -0.341 e. The van der Waals surface area contributed by atoms with Gasteiger partial charge in [0.2, 0.25) is 0 Å². The maximum atomic E-state index is 2.55. The van der Waals surface area contributed by atoms with Crippen LogP contribution in [0.2, 0.25) is 0 Å². The lowest BCUT2D eigenvalue weighted by Gasteiger charge is -2.36. The number of nitrogens with zero attached hydrogens (tertiary/aromatic N) is 2. The van der Waals surface area contributed by atoms with Gasteiger partial charge in [-0.1, -0.05) is 152 Å². The van der Waals surface area contributed by atoms with Gasteiger partial charge in [-0.15, -0.1) is 0 Å². The summed E-state index contributed by atoms with van der Waals surface area (Å²) < 4.78 is 0. The Morgan fingerprint density at radius 3 is 1.91 bits per heavy atom. The number of aryl methyl sites for hydroxylation is 2. The third-order valence-electron chi connectivity index (χ3n) is 13.6. The van der Waals surface area contributed by atoms with Crippen molar-refractivity contribution in [1.82, 2.24) is 0 Å². The molecule has 1 unspecified atom stereocenters. The normalized spacial score (nSPS) is 19.0. The van der Waals surface area contributed by atoms with E-state index in [4.69, 9.17) is 0 Å². The van der Waals surface area contributed by atoms with Crippen molar-refractivity contribution in [3.8, 4) is 22.3 Å². The highest BCUT2D eigenvalue weighted by atomic mass is 15.2. The summed E-state index contributed by atoms with van der Waals surface area (Å²) >= 11 is 0. The number of benzene rings is 6. The summed E-state index contributed by atoms with van der Waals surface area (Å²) in [6, 6.07) is 50.7. The summed E-state index contributed by atoms with van der Waals surface area (Å²) in [7, 11) is 0. The van der Waals surface area contributed by atoms with Gasteiger partial charge in [0, 0.05) is 41.8 Å². The van der Waals surface area contributed by atoms with Crippen LogP contribution >= 0.6 is 0 Å². The van der Waals surface area contributed by atoms with E-state index in [0.29, 0.717) is 0 Å². The number of para-hydroxylation sites is 2. The first kappa shape index (κ1) is 33.5. The van der Waals surface area contributed by atoms with Gasteiger partial charge in [-0.25, -0.2) is 0 Å². The zero-order valence-electron chi connectivity index (χ0n) is 32.6. The fourth-order valence-corrected chi connectivity index (χ4v) is 11.1. The molecule has 2 heterocycles. The van der Waals surface area contributed by atoms with Crippen LogP contribution < -0.4 is 9.80 Å². The van der Waals surface area contributed by atoms with E-state index in [1.54, 1.807) is 0 Å². The molecular weight excluding hydrogens is 701 g/mol. The molecule has 12 rings (SSSR count). The highest BCUT2D eigenvalue weighted by Crippen LogP contribution is 2.63. The van der Waals surface area contributed by atoms with E-state index in [9.17, 15) is 0 Å². The number of anilines is 3. The zero-order chi connectivity index (χ0) is 38.2. The third-order valence-corrected chi connectivity index (χ3v) is 13.6. The second-order valence-corrected chi connectivity index (χ2v) is 16.6. The predicted molar refractivity (Wildman–Crippen MR) is 242 cm³/mol. The van der Waals surface area contributed by atoms with E-state index >= 15 is 0 Å². The molecule has 2 heteroatoms. The van der Waals surface area contributed by atoms with Crippen molar-refractivity contribution in [3.63, 3.8) is 0 Å². The summed E-state index contributed by atoms with van der Waals surface area (Å²) in [5.74, 6) is 0.217. The Morgan fingerprint density at radius 1 is 0.534 bits per heavy atom. The Hall–Kier alpha value is -6.64. The van der Waals surface area contributed by atoms with Gasteiger partial charge in [-0.05, 0) is 134 Å². The predicted octanol–water partition coefficient (Wildman–Crippen LogP) is 13.1. The topological polar surface area (TPSA) is 6.48 Å². The van der Waals surface area contributed by atoms with Crippen LogP contribution in [0.1, 0.15) is 51.8 Å². The van der Waals surface area contributed by atoms with E-state index in [0.717, 1.165) is 32.4 Å². The molecule has 6 aromatic carbocycles. The van der Waals surface area contributed by atoms with Crippen molar-refractivity contribution in [3.05, 3.63) is 238 Å². The van der Waals surface area contributed by atoms with Gasteiger partial charge in [0.05, 0.1) is 5.41 Å². The van der Waals surface area contributed by atoms with Crippen LogP contribution in [0.25, 0.3) is 28.3 Å². The fraction of sp³-hybridized carbons (Fsp3) is 0.143. The molecular formula is C56H44N2. The summed E-state index contributed by atoms with van der Waals surface area (Å²) in [6.45, 7) is 2.08. The fourth-order valence-electron chi connectivity index (χ4n) is 11.1. The van der Waals surface area contributed by atoms with Crippen molar-refractivity contribution < 1.29 is 0 Å². The summed E-state index contributed by atoms with van der Waals surface area (Å²) in [4.78, 5) is 5.09. The molecule has 0 saturated carbocycles. The second kappa shape index (κ2) is 13.2. The van der Waals surface area contributed by atoms with Gasteiger partial charge in [-0.3, -0.25) is 0 Å². The Balaban J connectivity index is 0.939. The summed E-state index contributed by atoms with van der Waals surface area (Å²) in [5, 5.41) is 0. The molecule has 278 valence electrons. The largest absolute Gasteiger partial charge is 0.341 e. The van der Waals surface area contributed by atoms with E-state index in [1.165, 1.54) is 102 Å². The molecule has 0 aromatic heterocycles. The quantitative estimate of drug-likeness (QED) is 0.177. The van der Waals surface area contributed by atoms with Gasteiger partial charge in [0.25, 0.3) is 0 Å². The van der Waals surface area contributed by atoms with Crippen molar-refractivity contribution >= 4 is 23.1 Å². The van der Waals surface area contributed by atoms with Gasteiger partial charge >= 0.3 is 0 Å². The smallest absolute Gasteiger partial charge is 0.0726 e. The molecule has 58 heavy (non-hydrogen) atoms. The number of hydrogen-bond donors (Lipinski definition) is 0. The minimum absolute atomic E-state index is 0.217. The minimum atomic E-state index is -0.407. The standard InChI is InChI=1S/C56H44N2/c1-7-24-53-40(14-1)17-11-33-57(53)43-30-32-48-47-31-29-39(36-51(47)56(52(48)37-43)49-22-5-3-19-45(49)46-20-4-6-23-50(46)56)28-27-38-13-9-21-44-42(35-38)16-10-26-55(44)58-34-12-18-41-15-2-8-25-54(41)58/h1-10,13-16,19-32,35-37,42H,11-12,17-18,33-34H2. The number of rotatable bonds is 4. The van der Waals surface area contributed by atoms with E-state index in [2.05, 4.69) is 198 Å². The number of allylic oxidation sites excluding steroid dienone is 10. The van der Waals surface area contributed by atoms with Crippen LogP contribution in [-0.4, -0.2) is 13.1 Å². The molecule has 6 aromatic rings. The molecule has 2 nitrogen and oxygen atoms in total. The average molecular weight is 745 g/mol. The molecule has 0 N–H and O–H groups in total. The zero-order valence-corrected chi connectivity index (χ0v) is 32.6. The van der Waals surface area contributed by atoms with Crippen LogP contribution in [-0.2, 0) is 18.3 Å². The molecule has 0 amide bonds. The lowest BCUT2D eigenvalue weighted by Crippen LogP contribution is -2.31. The first-order valence-corrected chi connectivity index (χ1v) is 21.1. The van der Waals surface area contributed by atoms with Crippen molar-refractivity contribution in [2.24, 2.45) is 5.92 Å². The molecule has 0 fully saturated rings. The van der Waals surface area contributed by atoms with Crippen LogP contribution in [0.3, 0.4) is 0 Å². The van der Waals surface area contributed by atoms with Crippen LogP contribution in [0.15, 0.2) is 199 Å². The Bertz CT molecular complexity index is 2830. The van der Waals surface area contributed by atoms with Gasteiger partial charge in [-0.2, -0.15) is 0 Å². The summed E-state index contributed by atoms with van der Waals surface area (Å²) in [5.41, 5.74) is 22.4. The highest BCUT2D eigenvalue weighted by Gasteiger charge is 2.51. The molecule has 0 bridgehead atoms. The van der Waals surface area contributed by atoms with E-state index in [1.807, 2.05) is 0 Å². The first-order chi connectivity index (χ1) is 28.8. The van der Waals surface area contributed by atoms with Crippen molar-refractivity contribution in [1.29, 1.82) is 0 Å². The first-order valence-electron chi connectivity index (χ1n) is 21.1. The highest BCUT2D eigenvalue weighted by molar-refractivity contribution is 5.96. The maximum absolute atomic E-state index is 2.55. The Morgan fingerprint density at radius 2 is 1.16 bits per heavy atom. The molecule has 0 saturated heterocycles. The lowest BCUT2D eigenvalue weighted by molar-refractivity contribution is 0.736. The van der Waals surface area contributed by atoms with Crippen LogP contribution in [0.5, 0.6) is 0 Å². The second-order valence-electron chi connectivity index (χ2n) is 16.6. The molecule has 0 radical (unpaired) electrons. The van der Waals surface area contributed by atoms with E-state index < -0.39 is 5.41 Å². The van der Waals surface area contributed by atoms with Crippen LogP contribution in [0.4, 0.5) is 17.1 Å². The van der Waals surface area contributed by atoms with Gasteiger partial charge in [0.1, 0.15) is 0 Å². The number of fused-ring (bicyclic) bond motifs is 13. The number of hydrogen-bond acceptors (Lipinski definition) is 2. The average Bonchev–Trinajstić information content (AvgIpc) is 3.63. The molecule has 1 atom stereocenters. The Kier molecular flexibility index (Phi) is 7.63. The molecule has 6 aliphatic rings. The van der Waals surface area contributed by atoms with Crippen molar-refractivity contribution in [2.45, 2.75) is 31.1 Å². The van der Waals surface area contributed by atoms with E-state index in [-0.39, 0.29) is 5.92 Å².